The lowest BCUT2D eigenvalue weighted by molar-refractivity contribution is -0.128. The van der Waals surface area contributed by atoms with Crippen LogP contribution < -0.4 is 14.8 Å². The summed E-state index contributed by atoms with van der Waals surface area (Å²) in [6.07, 6.45) is 3.07. The first-order chi connectivity index (χ1) is 16.5. The van der Waals surface area contributed by atoms with Crippen molar-refractivity contribution in [1.82, 2.24) is 10.2 Å². The van der Waals surface area contributed by atoms with Gasteiger partial charge in [0.15, 0.2) is 16.6 Å². The Labute approximate surface area is 203 Å². The van der Waals surface area contributed by atoms with Gasteiger partial charge < -0.3 is 9.47 Å². The van der Waals surface area contributed by atoms with Crippen molar-refractivity contribution < 1.29 is 19.1 Å². The highest BCUT2D eigenvalue weighted by Crippen LogP contribution is 2.31. The third kappa shape index (κ3) is 4.84. The van der Waals surface area contributed by atoms with Gasteiger partial charge in [-0.3, -0.25) is 19.8 Å². The second kappa shape index (κ2) is 10.3. The minimum atomic E-state index is -0.537. The molecule has 34 heavy (non-hydrogen) atoms. The monoisotopic (exact) mass is 472 g/mol. The van der Waals surface area contributed by atoms with E-state index in [0.29, 0.717) is 30.3 Å². The maximum Gasteiger partial charge on any atom is 0.265 e. The summed E-state index contributed by atoms with van der Waals surface area (Å²) >= 11 is 5.10. The van der Waals surface area contributed by atoms with Crippen molar-refractivity contribution in [3.8, 4) is 11.5 Å². The Hall–Kier alpha value is -3.97. The van der Waals surface area contributed by atoms with E-state index in [2.05, 4.69) is 30.1 Å². The topological polar surface area (TPSA) is 67.9 Å². The summed E-state index contributed by atoms with van der Waals surface area (Å²) < 4.78 is 11.9. The first kappa shape index (κ1) is 23.2. The van der Waals surface area contributed by atoms with E-state index in [1.165, 1.54) is 11.0 Å². The zero-order valence-electron chi connectivity index (χ0n) is 18.7. The lowest BCUT2D eigenvalue weighted by atomic mass is 10.1. The first-order valence-electron chi connectivity index (χ1n) is 10.9. The molecule has 1 N–H and O–H groups in total. The van der Waals surface area contributed by atoms with Crippen LogP contribution in [-0.2, 0) is 16.2 Å². The number of carbonyl (C=O) groups is 2. The summed E-state index contributed by atoms with van der Waals surface area (Å²) in [6, 6.07) is 19.6. The fraction of sp³-hybridized carbons (Fsp3) is 0.148. The fourth-order valence-electron chi connectivity index (χ4n) is 3.73. The van der Waals surface area contributed by atoms with Gasteiger partial charge in [-0.15, -0.1) is 6.58 Å². The van der Waals surface area contributed by atoms with Gasteiger partial charge in [0.05, 0.1) is 6.61 Å². The van der Waals surface area contributed by atoms with Crippen LogP contribution in [0.1, 0.15) is 18.1 Å². The largest absolute Gasteiger partial charge is 0.490 e. The number of amides is 2. The van der Waals surface area contributed by atoms with Crippen molar-refractivity contribution in [3.63, 3.8) is 0 Å². The zero-order valence-corrected chi connectivity index (χ0v) is 19.6. The van der Waals surface area contributed by atoms with Crippen LogP contribution in [0.25, 0.3) is 16.8 Å². The SMILES string of the molecule is C=CCN1C(=O)/C(=C/c2ccc(OCc3cccc4ccccc34)c(OCC)c2)C(=O)NC1=S. The van der Waals surface area contributed by atoms with Gasteiger partial charge in [-0.2, -0.15) is 0 Å². The smallest absolute Gasteiger partial charge is 0.265 e. The van der Waals surface area contributed by atoms with Crippen LogP contribution in [0.2, 0.25) is 0 Å². The van der Waals surface area contributed by atoms with Crippen LogP contribution >= 0.6 is 12.2 Å². The zero-order chi connectivity index (χ0) is 24.1. The second-order valence-electron chi connectivity index (χ2n) is 7.59. The third-order valence-corrected chi connectivity index (χ3v) is 5.66. The van der Waals surface area contributed by atoms with Crippen LogP contribution in [-0.4, -0.2) is 35.0 Å². The number of thiocarbonyl (C=S) groups is 1. The molecular formula is C27H24N2O4S. The van der Waals surface area contributed by atoms with Crippen molar-refractivity contribution in [2.24, 2.45) is 0 Å². The highest BCUT2D eigenvalue weighted by molar-refractivity contribution is 7.80. The van der Waals surface area contributed by atoms with Gasteiger partial charge >= 0.3 is 0 Å². The van der Waals surface area contributed by atoms with Gasteiger partial charge in [-0.25, -0.2) is 0 Å². The van der Waals surface area contributed by atoms with Crippen LogP contribution in [0.5, 0.6) is 11.5 Å². The average molecular weight is 473 g/mol. The maximum absolute atomic E-state index is 12.8. The fourth-order valence-corrected chi connectivity index (χ4v) is 3.98. The predicted octanol–water partition coefficient (Wildman–Crippen LogP) is 4.63. The molecule has 0 spiro atoms. The number of hydrogen-bond donors (Lipinski definition) is 1. The van der Waals surface area contributed by atoms with Gasteiger partial charge in [-0.05, 0) is 59.2 Å². The van der Waals surface area contributed by atoms with Crippen molar-refractivity contribution in [3.05, 3.63) is 90.0 Å². The number of fused-ring (bicyclic) bond motifs is 1. The van der Waals surface area contributed by atoms with Gasteiger partial charge in [0.25, 0.3) is 11.8 Å². The van der Waals surface area contributed by atoms with Crippen molar-refractivity contribution >= 4 is 46.0 Å². The van der Waals surface area contributed by atoms with E-state index in [-0.39, 0.29) is 17.2 Å². The van der Waals surface area contributed by atoms with E-state index in [1.54, 1.807) is 24.3 Å². The van der Waals surface area contributed by atoms with Crippen LogP contribution in [0.3, 0.4) is 0 Å². The molecule has 2 amide bonds. The molecule has 1 saturated heterocycles. The lowest BCUT2D eigenvalue weighted by Gasteiger charge is -2.27. The van der Waals surface area contributed by atoms with Crippen molar-refractivity contribution in [2.75, 3.05) is 13.2 Å². The van der Waals surface area contributed by atoms with Crippen molar-refractivity contribution in [1.29, 1.82) is 0 Å². The summed E-state index contributed by atoms with van der Waals surface area (Å²) in [5.41, 5.74) is 1.68. The van der Waals surface area contributed by atoms with Gasteiger partial charge in [-0.1, -0.05) is 54.6 Å². The molecule has 0 aromatic heterocycles. The normalized spacial score (nSPS) is 14.9. The lowest BCUT2D eigenvalue weighted by Crippen LogP contribution is -2.53. The summed E-state index contributed by atoms with van der Waals surface area (Å²) in [4.78, 5) is 26.5. The highest BCUT2D eigenvalue weighted by Gasteiger charge is 2.32. The first-order valence-corrected chi connectivity index (χ1v) is 11.3. The van der Waals surface area contributed by atoms with E-state index < -0.39 is 11.8 Å². The van der Waals surface area contributed by atoms with Gasteiger partial charge in [0, 0.05) is 6.54 Å². The predicted molar refractivity (Wildman–Crippen MR) is 137 cm³/mol. The summed E-state index contributed by atoms with van der Waals surface area (Å²) in [7, 11) is 0. The number of ether oxygens (including phenoxy) is 2. The molecule has 0 saturated carbocycles. The Bertz CT molecular complexity index is 1310. The molecule has 3 aromatic rings. The molecule has 1 aliphatic heterocycles. The molecule has 0 unspecified atom stereocenters. The standard InChI is InChI=1S/C27H24N2O4S/c1-3-14-29-26(31)22(25(30)28-27(29)34)15-18-12-13-23(24(16-18)32-4-2)33-17-20-10-7-9-19-8-5-6-11-21(19)20/h3,5-13,15-16H,1,4,14,17H2,2H3,(H,28,30,34)/b22-15+. The molecular weight excluding hydrogens is 448 g/mol. The number of carbonyl (C=O) groups excluding carboxylic acids is 2. The summed E-state index contributed by atoms with van der Waals surface area (Å²) in [5, 5.41) is 4.90. The Morgan fingerprint density at radius 3 is 2.62 bits per heavy atom. The molecule has 0 aliphatic carbocycles. The summed E-state index contributed by atoms with van der Waals surface area (Å²) in [6.45, 7) is 6.53. The molecule has 0 bridgehead atoms. The van der Waals surface area contributed by atoms with E-state index in [1.807, 2.05) is 31.2 Å². The number of rotatable bonds is 8. The van der Waals surface area contributed by atoms with Crippen LogP contribution in [0, 0.1) is 0 Å². The van der Waals surface area contributed by atoms with Crippen LogP contribution in [0.4, 0.5) is 0 Å². The Morgan fingerprint density at radius 1 is 1.03 bits per heavy atom. The van der Waals surface area contributed by atoms with Gasteiger partial charge in [0.1, 0.15) is 12.2 Å². The number of nitrogens with one attached hydrogen (secondary N) is 1. The molecule has 0 atom stereocenters. The Morgan fingerprint density at radius 2 is 1.82 bits per heavy atom. The second-order valence-corrected chi connectivity index (χ2v) is 7.97. The molecule has 7 heteroatoms. The average Bonchev–Trinajstić information content (AvgIpc) is 2.84. The van der Waals surface area contributed by atoms with Gasteiger partial charge in [0.2, 0.25) is 0 Å². The van der Waals surface area contributed by atoms with Crippen LogP contribution in [0.15, 0.2) is 78.9 Å². The van der Waals surface area contributed by atoms with E-state index in [4.69, 9.17) is 21.7 Å². The molecule has 172 valence electrons. The van der Waals surface area contributed by atoms with E-state index >= 15 is 0 Å². The number of nitrogens with zero attached hydrogens (tertiary/aromatic N) is 1. The molecule has 4 rings (SSSR count). The molecule has 6 nitrogen and oxygen atoms in total. The van der Waals surface area contributed by atoms with E-state index in [0.717, 1.165) is 16.3 Å². The molecule has 3 aromatic carbocycles. The summed E-state index contributed by atoms with van der Waals surface area (Å²) in [5.74, 6) is 0.0949. The van der Waals surface area contributed by atoms with E-state index in [9.17, 15) is 9.59 Å². The molecule has 0 radical (unpaired) electrons. The Balaban J connectivity index is 1.60. The molecule has 1 aliphatic rings. The third-order valence-electron chi connectivity index (χ3n) is 5.34. The van der Waals surface area contributed by atoms with Crippen molar-refractivity contribution in [2.45, 2.75) is 13.5 Å². The number of hydrogen-bond acceptors (Lipinski definition) is 5. The Kier molecular flexibility index (Phi) is 7.04. The highest BCUT2D eigenvalue weighted by atomic mass is 32.1. The number of benzene rings is 3. The molecule has 1 fully saturated rings. The minimum absolute atomic E-state index is 0.0117. The molecule has 1 heterocycles. The minimum Gasteiger partial charge on any atom is -0.490 e. The quantitative estimate of drug-likeness (QED) is 0.224. The maximum atomic E-state index is 12.8.